The molecular formula is C17H18BrNO2. The SMILES string of the molecule is COc1ccc(C(N)c2ccc3c(c2)CCCO3)cc1Br. The number of hydrogen-bond donors (Lipinski definition) is 1. The normalized spacial score (nSPS) is 15.0. The second-order valence-electron chi connectivity index (χ2n) is 5.19. The van der Waals surface area contributed by atoms with Crippen LogP contribution in [0.15, 0.2) is 40.9 Å². The fourth-order valence-electron chi connectivity index (χ4n) is 2.64. The molecule has 0 radical (unpaired) electrons. The molecule has 2 N–H and O–H groups in total. The Morgan fingerprint density at radius 1 is 1.19 bits per heavy atom. The molecule has 0 saturated carbocycles. The van der Waals surface area contributed by atoms with Crippen molar-refractivity contribution >= 4 is 15.9 Å². The third kappa shape index (κ3) is 2.92. The highest BCUT2D eigenvalue weighted by atomic mass is 79.9. The van der Waals surface area contributed by atoms with Crippen molar-refractivity contribution in [2.24, 2.45) is 5.73 Å². The Bertz CT molecular complexity index is 657. The van der Waals surface area contributed by atoms with Crippen LogP contribution in [0, 0.1) is 0 Å². The summed E-state index contributed by atoms with van der Waals surface area (Å²) in [5, 5.41) is 0. The predicted molar refractivity (Wildman–Crippen MR) is 87.0 cm³/mol. The Morgan fingerprint density at radius 2 is 1.95 bits per heavy atom. The molecule has 0 spiro atoms. The van der Waals surface area contributed by atoms with Crippen LogP contribution in [0.5, 0.6) is 11.5 Å². The van der Waals surface area contributed by atoms with E-state index < -0.39 is 0 Å². The minimum atomic E-state index is -0.153. The summed E-state index contributed by atoms with van der Waals surface area (Å²) < 4.78 is 11.8. The molecule has 0 saturated heterocycles. The number of hydrogen-bond acceptors (Lipinski definition) is 3. The monoisotopic (exact) mass is 347 g/mol. The second-order valence-corrected chi connectivity index (χ2v) is 6.05. The lowest BCUT2D eigenvalue weighted by Crippen LogP contribution is -2.14. The first-order chi connectivity index (χ1) is 10.2. The highest BCUT2D eigenvalue weighted by Gasteiger charge is 2.15. The predicted octanol–water partition coefficient (Wildman–Crippen LogP) is 3.83. The third-order valence-electron chi connectivity index (χ3n) is 3.83. The molecule has 110 valence electrons. The van der Waals surface area contributed by atoms with Crippen molar-refractivity contribution in [2.45, 2.75) is 18.9 Å². The highest BCUT2D eigenvalue weighted by Crippen LogP contribution is 2.32. The van der Waals surface area contributed by atoms with Crippen LogP contribution in [0.25, 0.3) is 0 Å². The van der Waals surface area contributed by atoms with Crippen molar-refractivity contribution in [1.82, 2.24) is 0 Å². The number of halogens is 1. The van der Waals surface area contributed by atoms with E-state index in [0.717, 1.165) is 46.5 Å². The summed E-state index contributed by atoms with van der Waals surface area (Å²) in [6.45, 7) is 0.809. The molecule has 0 bridgehead atoms. The van der Waals surface area contributed by atoms with Crippen LogP contribution in [-0.2, 0) is 6.42 Å². The summed E-state index contributed by atoms with van der Waals surface area (Å²) in [7, 11) is 1.66. The Morgan fingerprint density at radius 3 is 2.71 bits per heavy atom. The molecule has 1 atom stereocenters. The molecule has 0 fully saturated rings. The van der Waals surface area contributed by atoms with E-state index in [4.69, 9.17) is 15.2 Å². The van der Waals surface area contributed by atoms with Gasteiger partial charge in [0.15, 0.2) is 0 Å². The number of aryl methyl sites for hydroxylation is 1. The van der Waals surface area contributed by atoms with Gasteiger partial charge >= 0.3 is 0 Å². The summed E-state index contributed by atoms with van der Waals surface area (Å²) in [6.07, 6.45) is 2.13. The van der Waals surface area contributed by atoms with Gasteiger partial charge in [-0.05, 0) is 63.7 Å². The molecule has 0 amide bonds. The van der Waals surface area contributed by atoms with E-state index in [9.17, 15) is 0 Å². The maximum atomic E-state index is 6.41. The zero-order valence-electron chi connectivity index (χ0n) is 11.9. The molecule has 0 aromatic heterocycles. The number of rotatable bonds is 3. The fraction of sp³-hybridized carbons (Fsp3) is 0.294. The molecule has 1 aliphatic rings. The molecule has 1 aliphatic heterocycles. The van der Waals surface area contributed by atoms with Crippen LogP contribution < -0.4 is 15.2 Å². The van der Waals surface area contributed by atoms with E-state index >= 15 is 0 Å². The molecule has 4 heteroatoms. The van der Waals surface area contributed by atoms with Gasteiger partial charge in [0.25, 0.3) is 0 Å². The molecule has 3 rings (SSSR count). The molecule has 3 nitrogen and oxygen atoms in total. The third-order valence-corrected chi connectivity index (χ3v) is 4.45. The molecular weight excluding hydrogens is 330 g/mol. The molecule has 2 aromatic carbocycles. The summed E-state index contributed by atoms with van der Waals surface area (Å²) in [4.78, 5) is 0. The summed E-state index contributed by atoms with van der Waals surface area (Å²) >= 11 is 3.51. The average molecular weight is 348 g/mol. The van der Waals surface area contributed by atoms with Crippen molar-refractivity contribution in [3.8, 4) is 11.5 Å². The quantitative estimate of drug-likeness (QED) is 0.917. The zero-order valence-corrected chi connectivity index (χ0v) is 13.5. The van der Waals surface area contributed by atoms with Gasteiger partial charge in [0.2, 0.25) is 0 Å². The topological polar surface area (TPSA) is 44.5 Å². The zero-order chi connectivity index (χ0) is 14.8. The molecule has 1 unspecified atom stereocenters. The van der Waals surface area contributed by atoms with Gasteiger partial charge in [0, 0.05) is 0 Å². The Labute approximate surface area is 133 Å². The van der Waals surface area contributed by atoms with E-state index in [-0.39, 0.29) is 6.04 Å². The Balaban J connectivity index is 1.91. The van der Waals surface area contributed by atoms with Gasteiger partial charge in [0.05, 0.1) is 24.2 Å². The highest BCUT2D eigenvalue weighted by molar-refractivity contribution is 9.10. The Hall–Kier alpha value is -1.52. The molecule has 21 heavy (non-hydrogen) atoms. The maximum absolute atomic E-state index is 6.41. The number of nitrogens with two attached hydrogens (primary N) is 1. The van der Waals surface area contributed by atoms with Crippen molar-refractivity contribution < 1.29 is 9.47 Å². The minimum Gasteiger partial charge on any atom is -0.496 e. The lowest BCUT2D eigenvalue weighted by atomic mass is 9.95. The van der Waals surface area contributed by atoms with Crippen molar-refractivity contribution in [2.75, 3.05) is 13.7 Å². The maximum Gasteiger partial charge on any atom is 0.133 e. The smallest absolute Gasteiger partial charge is 0.133 e. The first kappa shape index (κ1) is 14.4. The van der Waals surface area contributed by atoms with Gasteiger partial charge in [-0.1, -0.05) is 18.2 Å². The average Bonchev–Trinajstić information content (AvgIpc) is 2.53. The van der Waals surface area contributed by atoms with Crippen molar-refractivity contribution in [1.29, 1.82) is 0 Å². The van der Waals surface area contributed by atoms with E-state index in [0.29, 0.717) is 0 Å². The van der Waals surface area contributed by atoms with E-state index in [1.807, 2.05) is 30.3 Å². The van der Waals surface area contributed by atoms with E-state index in [1.54, 1.807) is 7.11 Å². The lowest BCUT2D eigenvalue weighted by Gasteiger charge is -2.20. The summed E-state index contributed by atoms with van der Waals surface area (Å²) in [6, 6.07) is 12.0. The van der Waals surface area contributed by atoms with Crippen LogP contribution in [0.2, 0.25) is 0 Å². The van der Waals surface area contributed by atoms with E-state index in [2.05, 4.69) is 22.0 Å². The van der Waals surface area contributed by atoms with Gasteiger partial charge in [-0.25, -0.2) is 0 Å². The van der Waals surface area contributed by atoms with Gasteiger partial charge in [-0.3, -0.25) is 0 Å². The Kier molecular flexibility index (Phi) is 4.17. The number of benzene rings is 2. The van der Waals surface area contributed by atoms with Gasteiger partial charge in [-0.15, -0.1) is 0 Å². The van der Waals surface area contributed by atoms with Gasteiger partial charge < -0.3 is 15.2 Å². The number of ether oxygens (including phenoxy) is 2. The molecule has 1 heterocycles. The number of fused-ring (bicyclic) bond motifs is 1. The van der Waals surface area contributed by atoms with Gasteiger partial charge in [-0.2, -0.15) is 0 Å². The van der Waals surface area contributed by atoms with Crippen molar-refractivity contribution in [3.05, 3.63) is 57.6 Å². The van der Waals surface area contributed by atoms with Gasteiger partial charge in [0.1, 0.15) is 11.5 Å². The number of methoxy groups -OCH3 is 1. The van der Waals surface area contributed by atoms with Crippen LogP contribution >= 0.6 is 15.9 Å². The van der Waals surface area contributed by atoms with E-state index in [1.165, 1.54) is 5.56 Å². The largest absolute Gasteiger partial charge is 0.496 e. The van der Waals surface area contributed by atoms with Crippen molar-refractivity contribution in [3.63, 3.8) is 0 Å². The van der Waals surface area contributed by atoms with Crippen LogP contribution in [0.4, 0.5) is 0 Å². The first-order valence-corrected chi connectivity index (χ1v) is 7.83. The summed E-state index contributed by atoms with van der Waals surface area (Å²) in [5.41, 5.74) is 9.82. The van der Waals surface area contributed by atoms with Crippen LogP contribution in [0.1, 0.15) is 29.2 Å². The summed E-state index contributed by atoms with van der Waals surface area (Å²) in [5.74, 6) is 1.80. The van der Waals surface area contributed by atoms with Crippen LogP contribution in [-0.4, -0.2) is 13.7 Å². The second kappa shape index (κ2) is 6.08. The minimum absolute atomic E-state index is 0.153. The molecule has 0 aliphatic carbocycles. The molecule has 2 aromatic rings. The standard InChI is InChI=1S/C17H18BrNO2/c1-20-16-7-5-13(10-14(16)18)17(19)12-4-6-15-11(9-12)3-2-8-21-15/h4-7,9-10,17H,2-3,8,19H2,1H3. The lowest BCUT2D eigenvalue weighted by molar-refractivity contribution is 0.288. The fourth-order valence-corrected chi connectivity index (χ4v) is 3.20. The van der Waals surface area contributed by atoms with Crippen LogP contribution in [0.3, 0.4) is 0 Å². The first-order valence-electron chi connectivity index (χ1n) is 7.03.